The van der Waals surface area contributed by atoms with Crippen molar-refractivity contribution in [2.24, 2.45) is 0 Å². The first-order chi connectivity index (χ1) is 13.9. The second-order valence-electron chi connectivity index (χ2n) is 8.09. The van der Waals surface area contributed by atoms with Crippen LogP contribution < -0.4 is 14.8 Å². The number of carbonyl (C=O) groups excluding carboxylic acids is 1. The van der Waals surface area contributed by atoms with E-state index in [0.717, 1.165) is 57.8 Å². The van der Waals surface area contributed by atoms with E-state index in [9.17, 15) is 13.2 Å². The number of carbonyl (C=O) groups is 1. The van der Waals surface area contributed by atoms with Crippen LogP contribution in [0.5, 0.6) is 5.75 Å². The molecular weight excluding hydrogens is 412 g/mol. The van der Waals surface area contributed by atoms with Gasteiger partial charge in [0.05, 0.1) is 9.92 Å². The van der Waals surface area contributed by atoms with Gasteiger partial charge in [0.1, 0.15) is 5.75 Å². The second kappa shape index (κ2) is 10.6. The average molecular weight is 443 g/mol. The zero-order valence-electron chi connectivity index (χ0n) is 16.8. The molecule has 1 aromatic rings. The Balaban J connectivity index is 1.53. The van der Waals surface area contributed by atoms with Gasteiger partial charge in [-0.15, -0.1) is 0 Å². The highest BCUT2D eigenvalue weighted by Gasteiger charge is 2.23. The lowest BCUT2D eigenvalue weighted by Crippen LogP contribution is -2.37. The summed E-state index contributed by atoms with van der Waals surface area (Å²) in [6.45, 7) is -0.136. The molecule has 1 amide bonds. The van der Waals surface area contributed by atoms with Gasteiger partial charge in [0.2, 0.25) is 10.0 Å². The summed E-state index contributed by atoms with van der Waals surface area (Å²) in [5.41, 5.74) is 0. The number of sulfonamides is 1. The first-order valence-electron chi connectivity index (χ1n) is 10.7. The fraction of sp³-hybridized carbons (Fsp3) is 0.667. The van der Waals surface area contributed by atoms with Crippen LogP contribution in [-0.2, 0) is 14.8 Å². The number of nitrogens with one attached hydrogen (secondary N) is 2. The van der Waals surface area contributed by atoms with Gasteiger partial charge < -0.3 is 10.1 Å². The molecule has 0 bridgehead atoms. The van der Waals surface area contributed by atoms with Crippen LogP contribution >= 0.6 is 11.6 Å². The lowest BCUT2D eigenvalue weighted by molar-refractivity contribution is -0.123. The molecule has 0 saturated heterocycles. The second-order valence-corrected chi connectivity index (χ2v) is 10.2. The van der Waals surface area contributed by atoms with E-state index >= 15 is 0 Å². The lowest BCUT2D eigenvalue weighted by Gasteiger charge is -2.22. The van der Waals surface area contributed by atoms with Crippen LogP contribution in [0.2, 0.25) is 5.02 Å². The summed E-state index contributed by atoms with van der Waals surface area (Å²) >= 11 is 6.23. The van der Waals surface area contributed by atoms with E-state index in [1.165, 1.54) is 31.0 Å². The molecule has 6 nitrogen and oxygen atoms in total. The molecule has 2 N–H and O–H groups in total. The zero-order chi connectivity index (χ0) is 20.7. The van der Waals surface area contributed by atoms with Crippen molar-refractivity contribution in [1.82, 2.24) is 10.0 Å². The monoisotopic (exact) mass is 442 g/mol. The van der Waals surface area contributed by atoms with Gasteiger partial charge in [-0.1, -0.05) is 56.5 Å². The SMILES string of the molecule is O=C(COc1ccc(S(=O)(=O)NC2CCCCC2)cc1Cl)NC1CCCCCC1. The molecule has 0 aliphatic heterocycles. The Hall–Kier alpha value is -1.31. The van der Waals surface area contributed by atoms with Crippen molar-refractivity contribution in [3.63, 3.8) is 0 Å². The van der Waals surface area contributed by atoms with Crippen LogP contribution in [0.25, 0.3) is 0 Å². The summed E-state index contributed by atoms with van der Waals surface area (Å²) < 4.78 is 33.5. The van der Waals surface area contributed by atoms with Crippen LogP contribution in [0, 0.1) is 0 Å². The number of amides is 1. The van der Waals surface area contributed by atoms with Gasteiger partial charge in [0.15, 0.2) is 6.61 Å². The number of hydrogen-bond acceptors (Lipinski definition) is 4. The summed E-state index contributed by atoms with van der Waals surface area (Å²) in [6, 6.07) is 4.55. The Bertz CT molecular complexity index is 786. The molecule has 0 atom stereocenters. The van der Waals surface area contributed by atoms with Gasteiger partial charge in [-0.3, -0.25) is 4.79 Å². The summed E-state index contributed by atoms with van der Waals surface area (Å²) in [5, 5.41) is 3.20. The molecule has 0 aromatic heterocycles. The molecule has 0 radical (unpaired) electrons. The Morgan fingerprint density at radius 3 is 2.17 bits per heavy atom. The molecular formula is C21H31ClN2O4S. The molecule has 3 rings (SSSR count). The molecule has 1 aromatic carbocycles. The van der Waals surface area contributed by atoms with Crippen molar-refractivity contribution in [2.75, 3.05) is 6.61 Å². The topological polar surface area (TPSA) is 84.5 Å². The van der Waals surface area contributed by atoms with Gasteiger partial charge in [0, 0.05) is 12.1 Å². The third-order valence-electron chi connectivity index (χ3n) is 5.72. The van der Waals surface area contributed by atoms with E-state index in [0.29, 0.717) is 5.75 Å². The highest BCUT2D eigenvalue weighted by molar-refractivity contribution is 7.89. The summed E-state index contributed by atoms with van der Waals surface area (Å²) in [7, 11) is -3.62. The predicted molar refractivity (Wildman–Crippen MR) is 114 cm³/mol. The molecule has 8 heteroatoms. The molecule has 2 aliphatic rings. The number of hydrogen-bond donors (Lipinski definition) is 2. The number of rotatable bonds is 7. The molecule has 2 saturated carbocycles. The van der Waals surface area contributed by atoms with E-state index < -0.39 is 10.0 Å². The smallest absolute Gasteiger partial charge is 0.258 e. The van der Waals surface area contributed by atoms with Crippen LogP contribution in [0.3, 0.4) is 0 Å². The van der Waals surface area contributed by atoms with Crippen molar-refractivity contribution in [1.29, 1.82) is 0 Å². The Kier molecular flexibility index (Phi) is 8.21. The first kappa shape index (κ1) is 22.4. The van der Waals surface area contributed by atoms with E-state index in [-0.39, 0.29) is 34.5 Å². The third-order valence-corrected chi connectivity index (χ3v) is 7.53. The predicted octanol–water partition coefficient (Wildman–Crippen LogP) is 4.17. The minimum absolute atomic E-state index is 0.0175. The van der Waals surface area contributed by atoms with E-state index in [1.807, 2.05) is 0 Å². The van der Waals surface area contributed by atoms with Crippen LogP contribution in [-0.4, -0.2) is 33.0 Å². The maximum absolute atomic E-state index is 12.6. The minimum atomic E-state index is -3.62. The van der Waals surface area contributed by atoms with Crippen LogP contribution in [0.15, 0.2) is 23.1 Å². The molecule has 0 heterocycles. The third kappa shape index (κ3) is 6.86. The number of ether oxygens (including phenoxy) is 1. The summed E-state index contributed by atoms with van der Waals surface area (Å²) in [6.07, 6.45) is 11.7. The maximum atomic E-state index is 12.6. The number of benzene rings is 1. The van der Waals surface area contributed by atoms with Crippen molar-refractivity contribution in [2.45, 2.75) is 87.6 Å². The minimum Gasteiger partial charge on any atom is -0.482 e. The van der Waals surface area contributed by atoms with Crippen LogP contribution in [0.4, 0.5) is 0 Å². The van der Waals surface area contributed by atoms with E-state index in [4.69, 9.17) is 16.3 Å². The van der Waals surface area contributed by atoms with Gasteiger partial charge in [-0.2, -0.15) is 0 Å². The Labute approximate surface area is 178 Å². The summed E-state index contributed by atoms with van der Waals surface area (Å²) in [5.74, 6) is 0.128. The zero-order valence-corrected chi connectivity index (χ0v) is 18.4. The molecule has 0 unspecified atom stereocenters. The Morgan fingerprint density at radius 2 is 1.55 bits per heavy atom. The van der Waals surface area contributed by atoms with E-state index in [1.54, 1.807) is 0 Å². The highest BCUT2D eigenvalue weighted by atomic mass is 35.5. The molecule has 29 heavy (non-hydrogen) atoms. The van der Waals surface area contributed by atoms with Gasteiger partial charge in [-0.25, -0.2) is 13.1 Å². The van der Waals surface area contributed by atoms with Gasteiger partial charge in [0.25, 0.3) is 5.91 Å². The normalized spacial score (nSPS) is 19.5. The van der Waals surface area contributed by atoms with Crippen molar-refractivity contribution in [3.05, 3.63) is 23.2 Å². The molecule has 2 fully saturated rings. The first-order valence-corrected chi connectivity index (χ1v) is 12.5. The largest absolute Gasteiger partial charge is 0.482 e. The van der Waals surface area contributed by atoms with Crippen molar-refractivity contribution >= 4 is 27.5 Å². The summed E-state index contributed by atoms with van der Waals surface area (Å²) in [4.78, 5) is 12.3. The van der Waals surface area contributed by atoms with Crippen molar-refractivity contribution < 1.29 is 17.9 Å². The Morgan fingerprint density at radius 1 is 0.966 bits per heavy atom. The molecule has 162 valence electrons. The fourth-order valence-electron chi connectivity index (χ4n) is 4.11. The quantitative estimate of drug-likeness (QED) is 0.620. The standard InChI is InChI=1S/C21H31ClN2O4S/c22-19-14-18(29(26,27)24-17-10-6-3-7-11-17)12-13-20(19)28-15-21(25)23-16-8-4-1-2-5-9-16/h12-14,16-17,24H,1-11,15H2,(H,23,25). The van der Waals surface area contributed by atoms with Crippen LogP contribution in [0.1, 0.15) is 70.6 Å². The van der Waals surface area contributed by atoms with Crippen molar-refractivity contribution in [3.8, 4) is 5.75 Å². The maximum Gasteiger partial charge on any atom is 0.258 e. The highest BCUT2D eigenvalue weighted by Crippen LogP contribution is 2.28. The average Bonchev–Trinajstić information content (AvgIpc) is 2.96. The van der Waals surface area contributed by atoms with Gasteiger partial charge >= 0.3 is 0 Å². The fourth-order valence-corrected chi connectivity index (χ4v) is 5.74. The van der Waals surface area contributed by atoms with Gasteiger partial charge in [-0.05, 0) is 43.9 Å². The lowest BCUT2D eigenvalue weighted by atomic mass is 9.96. The van der Waals surface area contributed by atoms with E-state index in [2.05, 4.69) is 10.0 Å². The molecule has 2 aliphatic carbocycles. The number of halogens is 1. The molecule has 0 spiro atoms.